The van der Waals surface area contributed by atoms with Gasteiger partial charge in [-0.25, -0.2) is 14.5 Å². The predicted octanol–water partition coefficient (Wildman–Crippen LogP) is 3.69. The van der Waals surface area contributed by atoms with Crippen molar-refractivity contribution in [1.82, 2.24) is 15.1 Å². The van der Waals surface area contributed by atoms with Gasteiger partial charge in [-0.3, -0.25) is 14.4 Å². The summed E-state index contributed by atoms with van der Waals surface area (Å²) in [4.78, 5) is 66.9. The van der Waals surface area contributed by atoms with Gasteiger partial charge in [0.2, 0.25) is 5.91 Å². The first-order valence-corrected chi connectivity index (χ1v) is 14.3. The number of carbonyl (C=O) groups excluding carboxylic acids is 4. The summed E-state index contributed by atoms with van der Waals surface area (Å²) < 4.78 is 5.51. The van der Waals surface area contributed by atoms with Crippen molar-refractivity contribution in [2.24, 2.45) is 5.92 Å². The standard InChI is InChI=1S/C31H39N5O7.Na.H/c1-18-8-6-7-9-22(18)33-29(41)34-23-13-12-21(16-25(23)43-5)17-35-30(42)36(28(40)31(35,3)4)24(15-20-10-11-20)27(39)32-19(2)14-26(37)38;;/h6-9,12-13,16,19-20,24H,10-11,14-15,17H2,1-5H3,(H,32,39)(H,37,38)(H2,33,34,41);;/t19-,24+;;/m1../s1. The summed E-state index contributed by atoms with van der Waals surface area (Å²) in [5, 5.41) is 17.3. The molecule has 1 heterocycles. The number of aryl methyl sites for hydroxylation is 1. The maximum absolute atomic E-state index is 13.8. The first kappa shape index (κ1) is 34.9. The minimum absolute atomic E-state index is 0. The molecule has 0 spiro atoms. The van der Waals surface area contributed by atoms with Crippen LogP contribution in [0, 0.1) is 12.8 Å². The molecule has 13 heteroatoms. The number of rotatable bonds is 12. The van der Waals surface area contributed by atoms with Crippen LogP contribution in [0.4, 0.5) is 21.0 Å². The molecule has 2 atom stereocenters. The summed E-state index contributed by atoms with van der Waals surface area (Å²) in [5.41, 5.74) is 1.40. The average Bonchev–Trinajstić information content (AvgIpc) is 3.74. The molecule has 2 fully saturated rings. The zero-order valence-electron chi connectivity index (χ0n) is 25.1. The number of para-hydroxylation sites is 1. The summed E-state index contributed by atoms with van der Waals surface area (Å²) in [6.07, 6.45) is 1.86. The Bertz CT molecular complexity index is 1430. The van der Waals surface area contributed by atoms with Gasteiger partial charge in [0, 0.05) is 18.3 Å². The monoisotopic (exact) mass is 617 g/mol. The van der Waals surface area contributed by atoms with E-state index < -0.39 is 47.5 Å². The molecule has 12 nitrogen and oxygen atoms in total. The van der Waals surface area contributed by atoms with Crippen molar-refractivity contribution in [3.05, 3.63) is 53.6 Å². The number of urea groups is 2. The van der Waals surface area contributed by atoms with Crippen molar-refractivity contribution in [1.29, 1.82) is 0 Å². The second kappa shape index (κ2) is 14.4. The Balaban J connectivity index is 0.00000529. The molecule has 232 valence electrons. The topological polar surface area (TPSA) is 157 Å². The van der Waals surface area contributed by atoms with Crippen LogP contribution < -0.4 is 20.7 Å². The van der Waals surface area contributed by atoms with Crippen molar-refractivity contribution in [3.8, 4) is 5.75 Å². The van der Waals surface area contributed by atoms with Crippen molar-refractivity contribution in [2.45, 2.75) is 77.5 Å². The molecule has 1 saturated heterocycles. The van der Waals surface area contributed by atoms with Gasteiger partial charge < -0.3 is 30.7 Å². The molecule has 1 saturated carbocycles. The van der Waals surface area contributed by atoms with Gasteiger partial charge in [-0.15, -0.1) is 0 Å². The molecule has 0 bridgehead atoms. The first-order valence-electron chi connectivity index (χ1n) is 14.3. The number of amides is 6. The quantitative estimate of drug-likeness (QED) is 0.209. The Morgan fingerprint density at radius 1 is 1.07 bits per heavy atom. The molecule has 4 N–H and O–H groups in total. The number of nitrogens with one attached hydrogen (secondary N) is 3. The van der Waals surface area contributed by atoms with E-state index >= 15 is 0 Å². The summed E-state index contributed by atoms with van der Waals surface area (Å²) >= 11 is 0. The van der Waals surface area contributed by atoms with E-state index in [1.54, 1.807) is 45.0 Å². The number of ether oxygens (including phenoxy) is 1. The number of nitrogens with zero attached hydrogens (tertiary/aromatic N) is 2. The zero-order chi connectivity index (χ0) is 31.5. The van der Waals surface area contributed by atoms with Gasteiger partial charge in [0.05, 0.1) is 19.2 Å². The van der Waals surface area contributed by atoms with Crippen LogP contribution in [-0.2, 0) is 20.9 Å². The number of hydrogen-bond acceptors (Lipinski definition) is 6. The van der Waals surface area contributed by atoms with Gasteiger partial charge in [-0.1, -0.05) is 37.1 Å². The van der Waals surface area contributed by atoms with Crippen LogP contribution in [0.5, 0.6) is 5.75 Å². The zero-order valence-corrected chi connectivity index (χ0v) is 25.1. The van der Waals surface area contributed by atoms with Crippen LogP contribution >= 0.6 is 0 Å². The number of benzene rings is 2. The molecule has 2 aliphatic rings. The van der Waals surface area contributed by atoms with Gasteiger partial charge in [-0.2, -0.15) is 0 Å². The third kappa shape index (κ3) is 8.10. The van der Waals surface area contributed by atoms with Crippen molar-refractivity contribution >= 4 is 70.8 Å². The molecule has 0 radical (unpaired) electrons. The van der Waals surface area contributed by atoms with Gasteiger partial charge in [0.25, 0.3) is 5.91 Å². The maximum atomic E-state index is 13.8. The van der Waals surface area contributed by atoms with E-state index in [1.165, 1.54) is 12.0 Å². The van der Waals surface area contributed by atoms with Crippen LogP contribution in [0.3, 0.4) is 0 Å². The van der Waals surface area contributed by atoms with E-state index in [-0.39, 0.29) is 48.4 Å². The van der Waals surface area contributed by atoms with E-state index in [0.29, 0.717) is 29.1 Å². The summed E-state index contributed by atoms with van der Waals surface area (Å²) in [7, 11) is 1.46. The number of hydrogen-bond donors (Lipinski definition) is 4. The SMILES string of the molecule is COc1cc(CN2C(=O)N([C@@H](CC3CC3)C(=O)N[C@H](C)CC(=O)O)C(=O)C2(C)C)ccc1NC(=O)Nc1ccccc1C.[NaH]. The number of methoxy groups -OCH3 is 1. The Hall–Kier alpha value is -3.61. The van der Waals surface area contributed by atoms with Crippen LogP contribution in [0.25, 0.3) is 0 Å². The van der Waals surface area contributed by atoms with E-state index in [9.17, 15) is 24.0 Å². The van der Waals surface area contributed by atoms with Gasteiger partial charge in [-0.05, 0) is 69.4 Å². The Morgan fingerprint density at radius 3 is 2.34 bits per heavy atom. The normalized spacial score (nSPS) is 16.9. The summed E-state index contributed by atoms with van der Waals surface area (Å²) in [5.74, 6) is -1.52. The van der Waals surface area contributed by atoms with E-state index in [4.69, 9.17) is 9.84 Å². The molecule has 1 aliphatic heterocycles. The Kier molecular flexibility index (Phi) is 11.5. The second-order valence-electron chi connectivity index (χ2n) is 11.7. The fourth-order valence-electron chi connectivity index (χ4n) is 5.17. The average molecular weight is 618 g/mol. The van der Waals surface area contributed by atoms with E-state index in [1.807, 2.05) is 25.1 Å². The number of imide groups is 1. The number of anilines is 2. The first-order chi connectivity index (χ1) is 20.3. The molecular formula is C31H40N5NaO7. The summed E-state index contributed by atoms with van der Waals surface area (Å²) in [6.45, 7) is 6.78. The molecule has 44 heavy (non-hydrogen) atoms. The molecule has 6 amide bonds. The predicted molar refractivity (Wildman–Crippen MR) is 167 cm³/mol. The number of carbonyl (C=O) groups is 5. The molecule has 0 aromatic heterocycles. The van der Waals surface area contributed by atoms with Crippen LogP contribution in [0.15, 0.2) is 42.5 Å². The second-order valence-corrected chi connectivity index (χ2v) is 11.7. The van der Waals surface area contributed by atoms with Crippen molar-refractivity contribution in [2.75, 3.05) is 17.7 Å². The third-order valence-electron chi connectivity index (χ3n) is 7.84. The van der Waals surface area contributed by atoms with Crippen LogP contribution in [-0.4, -0.2) is 99.0 Å². The Morgan fingerprint density at radius 2 is 1.73 bits per heavy atom. The molecule has 1 aliphatic carbocycles. The van der Waals surface area contributed by atoms with E-state index in [0.717, 1.165) is 23.3 Å². The van der Waals surface area contributed by atoms with Gasteiger partial charge >= 0.3 is 47.6 Å². The van der Waals surface area contributed by atoms with Gasteiger partial charge in [0.1, 0.15) is 17.3 Å². The van der Waals surface area contributed by atoms with Crippen LogP contribution in [0.2, 0.25) is 0 Å². The Labute approximate surface area is 279 Å². The van der Waals surface area contributed by atoms with Crippen molar-refractivity contribution in [3.63, 3.8) is 0 Å². The van der Waals surface area contributed by atoms with Crippen LogP contribution in [0.1, 0.15) is 57.6 Å². The molecule has 0 unspecified atom stereocenters. The fraction of sp³-hybridized carbons (Fsp3) is 0.452. The minimum atomic E-state index is -1.25. The van der Waals surface area contributed by atoms with E-state index in [2.05, 4.69) is 16.0 Å². The third-order valence-corrected chi connectivity index (χ3v) is 7.84. The molecule has 2 aromatic rings. The summed E-state index contributed by atoms with van der Waals surface area (Å²) in [6, 6.07) is 9.70. The van der Waals surface area contributed by atoms with Gasteiger partial charge in [0.15, 0.2) is 0 Å². The molecule has 2 aromatic carbocycles. The number of aliphatic carboxylic acids is 1. The molecular weight excluding hydrogens is 577 g/mol. The molecule has 4 rings (SSSR count). The van der Waals surface area contributed by atoms with Crippen molar-refractivity contribution < 1.29 is 33.8 Å². The fourth-order valence-corrected chi connectivity index (χ4v) is 5.17. The number of carboxylic acids is 1. The number of carboxylic acid groups (broad SMARTS) is 1.